The lowest BCUT2D eigenvalue weighted by Crippen LogP contribution is -2.52. The van der Waals surface area contributed by atoms with Crippen LogP contribution in [0.5, 0.6) is 0 Å². The van der Waals surface area contributed by atoms with Gasteiger partial charge >= 0.3 is 0 Å². The van der Waals surface area contributed by atoms with Gasteiger partial charge in [-0.05, 0) is 35.8 Å². The van der Waals surface area contributed by atoms with E-state index in [0.29, 0.717) is 36.2 Å². The summed E-state index contributed by atoms with van der Waals surface area (Å²) in [7, 11) is 0. The lowest BCUT2D eigenvalue weighted by atomic mass is 10.0. The maximum absolute atomic E-state index is 12.3. The number of carbonyl (C=O) groups is 1. The van der Waals surface area contributed by atoms with E-state index in [-0.39, 0.29) is 17.9 Å². The van der Waals surface area contributed by atoms with Crippen molar-refractivity contribution < 1.29 is 4.79 Å². The molecule has 0 radical (unpaired) electrons. The molecule has 6 heteroatoms. The van der Waals surface area contributed by atoms with Crippen molar-refractivity contribution in [2.45, 2.75) is 19.9 Å². The molecule has 1 aromatic carbocycles. The van der Waals surface area contributed by atoms with Crippen LogP contribution in [0, 0.1) is 17.2 Å². The van der Waals surface area contributed by atoms with E-state index in [9.17, 15) is 10.1 Å². The molecule has 0 saturated carbocycles. The molecule has 4 nitrogen and oxygen atoms in total. The molecule has 1 aliphatic rings. The van der Waals surface area contributed by atoms with Crippen LogP contribution >= 0.6 is 23.2 Å². The Morgan fingerprint density at radius 3 is 2.50 bits per heavy atom. The highest BCUT2D eigenvalue weighted by Crippen LogP contribution is 2.22. The minimum Gasteiger partial charge on any atom is -0.337 e. The molecule has 1 aromatic rings. The predicted octanol–water partition coefficient (Wildman–Crippen LogP) is 3.70. The zero-order valence-corrected chi connectivity index (χ0v) is 15.4. The normalized spacial score (nSPS) is 17.2. The molecule has 1 aliphatic heterocycles. The van der Waals surface area contributed by atoms with Crippen LogP contribution < -0.4 is 0 Å². The summed E-state index contributed by atoms with van der Waals surface area (Å²) >= 11 is 12.0. The fraction of sp³-hybridized carbons (Fsp3) is 0.444. The van der Waals surface area contributed by atoms with Crippen LogP contribution in [0.4, 0.5) is 0 Å². The molecule has 128 valence electrons. The lowest BCUT2D eigenvalue weighted by molar-refractivity contribution is -0.127. The van der Waals surface area contributed by atoms with Gasteiger partial charge in [0.15, 0.2) is 0 Å². The minimum absolute atomic E-state index is 0.0521. The number of amides is 1. The number of hydrogen-bond donors (Lipinski definition) is 0. The molecular weight excluding hydrogens is 345 g/mol. The van der Waals surface area contributed by atoms with Gasteiger partial charge in [-0.2, -0.15) is 5.26 Å². The first-order valence-electron chi connectivity index (χ1n) is 7.98. The number of nitriles is 1. The number of benzene rings is 1. The number of piperazine rings is 1. The average Bonchev–Trinajstić information content (AvgIpc) is 2.56. The quantitative estimate of drug-likeness (QED) is 0.764. The predicted molar refractivity (Wildman–Crippen MR) is 97.9 cm³/mol. The maximum atomic E-state index is 12.3. The fourth-order valence-corrected chi connectivity index (χ4v) is 3.14. The number of carbonyl (C=O) groups excluding carboxylic acids is 1. The second-order valence-corrected chi connectivity index (χ2v) is 7.02. The number of hydrogen-bond acceptors (Lipinski definition) is 3. The van der Waals surface area contributed by atoms with Crippen LogP contribution in [0.3, 0.4) is 0 Å². The topological polar surface area (TPSA) is 47.3 Å². The molecule has 2 rings (SSSR count). The van der Waals surface area contributed by atoms with Gasteiger partial charge in [0.2, 0.25) is 5.91 Å². The number of nitrogens with zero attached hydrogens (tertiary/aromatic N) is 3. The minimum atomic E-state index is -0.0944. The first kappa shape index (κ1) is 18.8. The van der Waals surface area contributed by atoms with Crippen molar-refractivity contribution in [3.63, 3.8) is 0 Å². The molecule has 0 aromatic heterocycles. The second kappa shape index (κ2) is 8.53. The molecule has 0 bridgehead atoms. The molecule has 1 saturated heterocycles. The van der Waals surface area contributed by atoms with Gasteiger partial charge in [0, 0.05) is 42.3 Å². The summed E-state index contributed by atoms with van der Waals surface area (Å²) in [6.07, 6.45) is 3.21. The van der Waals surface area contributed by atoms with Crippen molar-refractivity contribution in [3.05, 3.63) is 39.9 Å². The zero-order valence-electron chi connectivity index (χ0n) is 13.9. The Morgan fingerprint density at radius 2 is 1.92 bits per heavy atom. The van der Waals surface area contributed by atoms with Gasteiger partial charge in [-0.3, -0.25) is 9.69 Å². The van der Waals surface area contributed by atoms with E-state index in [0.717, 1.165) is 5.56 Å². The van der Waals surface area contributed by atoms with E-state index in [1.165, 1.54) is 6.08 Å². The molecule has 24 heavy (non-hydrogen) atoms. The number of rotatable bonds is 4. The van der Waals surface area contributed by atoms with Gasteiger partial charge < -0.3 is 4.90 Å². The SMILES string of the molecule is CC(C)C(C#N)N1CCN(C(=O)/C=C/c2cc(Cl)ccc2Cl)CC1. The summed E-state index contributed by atoms with van der Waals surface area (Å²) in [6.45, 7) is 6.77. The summed E-state index contributed by atoms with van der Waals surface area (Å²) in [6, 6.07) is 7.41. The zero-order chi connectivity index (χ0) is 17.7. The Bertz CT molecular complexity index is 659. The van der Waals surface area contributed by atoms with Crippen LogP contribution in [-0.2, 0) is 4.79 Å². The summed E-state index contributed by atoms with van der Waals surface area (Å²) in [5.74, 6) is 0.228. The van der Waals surface area contributed by atoms with Crippen LogP contribution in [0.25, 0.3) is 6.08 Å². The molecule has 0 N–H and O–H groups in total. The van der Waals surface area contributed by atoms with Crippen molar-refractivity contribution in [2.75, 3.05) is 26.2 Å². The Kier molecular flexibility index (Phi) is 6.68. The van der Waals surface area contributed by atoms with E-state index in [2.05, 4.69) is 11.0 Å². The molecule has 1 unspecified atom stereocenters. The maximum Gasteiger partial charge on any atom is 0.246 e. The Morgan fingerprint density at radius 1 is 1.25 bits per heavy atom. The standard InChI is InChI=1S/C18H21Cl2N3O/c1-13(2)17(12-21)22-7-9-23(10-8-22)18(24)6-3-14-11-15(19)4-5-16(14)20/h3-6,11,13,17H,7-10H2,1-2H3/b6-3+. The van der Waals surface area contributed by atoms with Crippen molar-refractivity contribution in [1.82, 2.24) is 9.80 Å². The highest BCUT2D eigenvalue weighted by Gasteiger charge is 2.26. The largest absolute Gasteiger partial charge is 0.337 e. The van der Waals surface area contributed by atoms with Crippen molar-refractivity contribution >= 4 is 35.2 Å². The van der Waals surface area contributed by atoms with E-state index in [1.807, 2.05) is 13.8 Å². The molecule has 0 aliphatic carbocycles. The Labute approximate surface area is 153 Å². The first-order chi connectivity index (χ1) is 11.4. The van der Waals surface area contributed by atoms with Gasteiger partial charge in [0.25, 0.3) is 0 Å². The molecule has 0 spiro atoms. The van der Waals surface area contributed by atoms with Gasteiger partial charge in [0.05, 0.1) is 6.07 Å². The molecule has 1 amide bonds. The molecule has 1 heterocycles. The van der Waals surface area contributed by atoms with E-state index in [1.54, 1.807) is 29.2 Å². The number of halogens is 2. The third kappa shape index (κ3) is 4.73. The smallest absolute Gasteiger partial charge is 0.246 e. The monoisotopic (exact) mass is 365 g/mol. The van der Waals surface area contributed by atoms with Gasteiger partial charge in [0.1, 0.15) is 6.04 Å². The molecular formula is C18H21Cl2N3O. The van der Waals surface area contributed by atoms with Gasteiger partial charge in [-0.25, -0.2) is 0 Å². The first-order valence-corrected chi connectivity index (χ1v) is 8.73. The van der Waals surface area contributed by atoms with Crippen LogP contribution in [0.2, 0.25) is 10.0 Å². The van der Waals surface area contributed by atoms with Crippen molar-refractivity contribution in [2.24, 2.45) is 5.92 Å². The lowest BCUT2D eigenvalue weighted by Gasteiger charge is -2.37. The van der Waals surface area contributed by atoms with Crippen LogP contribution in [-0.4, -0.2) is 47.9 Å². The van der Waals surface area contributed by atoms with E-state index < -0.39 is 0 Å². The highest BCUT2D eigenvalue weighted by atomic mass is 35.5. The Balaban J connectivity index is 1.95. The summed E-state index contributed by atoms with van der Waals surface area (Å²) in [5, 5.41) is 10.4. The third-order valence-electron chi connectivity index (χ3n) is 4.15. The van der Waals surface area contributed by atoms with E-state index >= 15 is 0 Å². The van der Waals surface area contributed by atoms with Crippen LogP contribution in [0.1, 0.15) is 19.4 Å². The summed E-state index contributed by atoms with van der Waals surface area (Å²) < 4.78 is 0. The highest BCUT2D eigenvalue weighted by molar-refractivity contribution is 6.34. The third-order valence-corrected chi connectivity index (χ3v) is 4.73. The Hall–Kier alpha value is -1.54. The second-order valence-electron chi connectivity index (χ2n) is 6.18. The summed E-state index contributed by atoms with van der Waals surface area (Å²) in [4.78, 5) is 16.3. The average molecular weight is 366 g/mol. The van der Waals surface area contributed by atoms with E-state index in [4.69, 9.17) is 23.2 Å². The van der Waals surface area contributed by atoms with Crippen molar-refractivity contribution in [3.8, 4) is 6.07 Å². The fourth-order valence-electron chi connectivity index (χ4n) is 2.78. The molecule has 1 atom stereocenters. The van der Waals surface area contributed by atoms with Gasteiger partial charge in [-0.15, -0.1) is 0 Å². The summed E-state index contributed by atoms with van der Waals surface area (Å²) in [5.41, 5.74) is 0.723. The molecule has 1 fully saturated rings. The van der Waals surface area contributed by atoms with Gasteiger partial charge in [-0.1, -0.05) is 37.0 Å². The van der Waals surface area contributed by atoms with Crippen molar-refractivity contribution in [1.29, 1.82) is 5.26 Å². The van der Waals surface area contributed by atoms with Crippen LogP contribution in [0.15, 0.2) is 24.3 Å².